The lowest BCUT2D eigenvalue weighted by Crippen LogP contribution is -2.27. The van der Waals surface area contributed by atoms with Gasteiger partial charge in [-0.3, -0.25) is 9.48 Å². The Morgan fingerprint density at radius 3 is 3.04 bits per heavy atom. The van der Waals surface area contributed by atoms with Gasteiger partial charge in [0, 0.05) is 31.1 Å². The first-order valence-corrected chi connectivity index (χ1v) is 9.61. The van der Waals surface area contributed by atoms with E-state index in [0.29, 0.717) is 12.2 Å². The summed E-state index contributed by atoms with van der Waals surface area (Å²) in [6.07, 6.45) is 1.03. The molecule has 1 amide bonds. The first-order chi connectivity index (χ1) is 12.7. The Balaban J connectivity index is 1.46. The van der Waals surface area contributed by atoms with Crippen molar-refractivity contribution >= 4 is 17.2 Å². The SMILES string of the molecule is CN(Cc1csc(-c2ccccc2)n1)C(=O)c1cc2n(n1)CCCNC2. The van der Waals surface area contributed by atoms with Crippen LogP contribution in [0.25, 0.3) is 10.6 Å². The lowest BCUT2D eigenvalue weighted by atomic mass is 10.2. The molecule has 3 aromatic rings. The fraction of sp³-hybridized carbons (Fsp3) is 0.316. The van der Waals surface area contributed by atoms with Crippen molar-refractivity contribution in [1.82, 2.24) is 25.0 Å². The predicted molar refractivity (Wildman–Crippen MR) is 102 cm³/mol. The van der Waals surface area contributed by atoms with E-state index in [1.165, 1.54) is 0 Å². The molecule has 1 aromatic carbocycles. The normalized spacial score (nSPS) is 13.9. The van der Waals surface area contributed by atoms with Crippen LogP contribution in [0.5, 0.6) is 0 Å². The molecule has 134 valence electrons. The number of aromatic nitrogens is 3. The number of fused-ring (bicyclic) bond motifs is 1. The van der Waals surface area contributed by atoms with Crippen molar-refractivity contribution in [2.45, 2.75) is 26.1 Å². The topological polar surface area (TPSA) is 63.1 Å². The number of nitrogens with one attached hydrogen (secondary N) is 1. The Bertz CT molecular complexity index is 878. The van der Waals surface area contributed by atoms with Crippen molar-refractivity contribution in [2.24, 2.45) is 0 Å². The van der Waals surface area contributed by atoms with Gasteiger partial charge < -0.3 is 10.2 Å². The number of benzene rings is 1. The molecule has 0 radical (unpaired) electrons. The quantitative estimate of drug-likeness (QED) is 0.770. The highest BCUT2D eigenvalue weighted by molar-refractivity contribution is 7.13. The molecular weight excluding hydrogens is 346 g/mol. The largest absolute Gasteiger partial charge is 0.334 e. The van der Waals surface area contributed by atoms with Gasteiger partial charge in [-0.25, -0.2) is 4.98 Å². The molecule has 0 spiro atoms. The van der Waals surface area contributed by atoms with E-state index < -0.39 is 0 Å². The number of aryl methyl sites for hydroxylation is 1. The van der Waals surface area contributed by atoms with Gasteiger partial charge in [-0.15, -0.1) is 11.3 Å². The zero-order valence-corrected chi connectivity index (χ0v) is 15.5. The second-order valence-corrected chi connectivity index (χ2v) is 7.30. The van der Waals surface area contributed by atoms with Crippen LogP contribution in [0.15, 0.2) is 41.8 Å². The molecule has 26 heavy (non-hydrogen) atoms. The number of thiazole rings is 1. The second-order valence-electron chi connectivity index (χ2n) is 6.45. The number of amides is 1. The van der Waals surface area contributed by atoms with Crippen LogP contribution < -0.4 is 5.32 Å². The van der Waals surface area contributed by atoms with Gasteiger partial charge in [0.05, 0.1) is 17.9 Å². The summed E-state index contributed by atoms with van der Waals surface area (Å²) in [4.78, 5) is 19.1. The maximum Gasteiger partial charge on any atom is 0.274 e. The third-order valence-corrected chi connectivity index (χ3v) is 5.37. The van der Waals surface area contributed by atoms with E-state index in [-0.39, 0.29) is 5.91 Å². The molecule has 6 nitrogen and oxygen atoms in total. The Morgan fingerprint density at radius 1 is 1.35 bits per heavy atom. The molecule has 0 aliphatic carbocycles. The summed E-state index contributed by atoms with van der Waals surface area (Å²) in [5, 5.41) is 10.8. The summed E-state index contributed by atoms with van der Waals surface area (Å²) in [5.41, 5.74) is 3.57. The van der Waals surface area contributed by atoms with Gasteiger partial charge in [0.2, 0.25) is 0 Å². The molecule has 0 bridgehead atoms. The summed E-state index contributed by atoms with van der Waals surface area (Å²) < 4.78 is 1.94. The van der Waals surface area contributed by atoms with Crippen LogP contribution >= 0.6 is 11.3 Å². The van der Waals surface area contributed by atoms with Crippen LogP contribution in [-0.2, 0) is 19.6 Å². The second kappa shape index (κ2) is 7.39. The Labute approximate surface area is 156 Å². The van der Waals surface area contributed by atoms with E-state index in [0.717, 1.165) is 48.0 Å². The number of hydrogen-bond donors (Lipinski definition) is 1. The molecule has 0 saturated carbocycles. The molecule has 2 aromatic heterocycles. The van der Waals surface area contributed by atoms with Crippen molar-refractivity contribution in [3.8, 4) is 10.6 Å². The van der Waals surface area contributed by atoms with Crippen molar-refractivity contribution in [3.05, 3.63) is 58.9 Å². The lowest BCUT2D eigenvalue weighted by Gasteiger charge is -2.14. The third-order valence-electron chi connectivity index (χ3n) is 4.43. The molecule has 4 rings (SSSR count). The zero-order chi connectivity index (χ0) is 17.9. The zero-order valence-electron chi connectivity index (χ0n) is 14.7. The van der Waals surface area contributed by atoms with Gasteiger partial charge in [-0.2, -0.15) is 5.10 Å². The Morgan fingerprint density at radius 2 is 2.19 bits per heavy atom. The molecule has 1 aliphatic rings. The van der Waals surface area contributed by atoms with Crippen LogP contribution in [0.3, 0.4) is 0 Å². The highest BCUT2D eigenvalue weighted by Gasteiger charge is 2.20. The minimum Gasteiger partial charge on any atom is -0.334 e. The van der Waals surface area contributed by atoms with Crippen LogP contribution in [0.1, 0.15) is 28.3 Å². The number of carbonyl (C=O) groups is 1. The maximum atomic E-state index is 12.7. The van der Waals surface area contributed by atoms with E-state index in [2.05, 4.69) is 15.4 Å². The predicted octanol–water partition coefficient (Wildman–Crippen LogP) is 2.77. The summed E-state index contributed by atoms with van der Waals surface area (Å²) in [6.45, 7) is 3.07. The smallest absolute Gasteiger partial charge is 0.274 e. The van der Waals surface area contributed by atoms with Gasteiger partial charge in [-0.05, 0) is 19.0 Å². The molecule has 0 fully saturated rings. The number of carbonyl (C=O) groups excluding carboxylic acids is 1. The molecule has 7 heteroatoms. The standard InChI is InChI=1S/C19H21N5OS/c1-23(12-15-13-26-18(21-15)14-6-3-2-4-7-14)19(25)17-10-16-11-20-8-5-9-24(16)22-17/h2-4,6-7,10,13,20H,5,8-9,11-12H2,1H3. The van der Waals surface area contributed by atoms with Gasteiger partial charge in [0.1, 0.15) is 5.01 Å². The van der Waals surface area contributed by atoms with Gasteiger partial charge in [0.15, 0.2) is 5.69 Å². The number of rotatable bonds is 4. The van der Waals surface area contributed by atoms with Crippen LogP contribution in [-0.4, -0.2) is 39.2 Å². The molecule has 0 unspecified atom stereocenters. The molecule has 1 N–H and O–H groups in total. The first kappa shape index (κ1) is 16.9. The van der Waals surface area contributed by atoms with E-state index in [4.69, 9.17) is 0 Å². The van der Waals surface area contributed by atoms with Gasteiger partial charge in [-0.1, -0.05) is 30.3 Å². The fourth-order valence-corrected chi connectivity index (χ4v) is 3.89. The minimum absolute atomic E-state index is 0.0696. The van der Waals surface area contributed by atoms with Gasteiger partial charge >= 0.3 is 0 Å². The number of nitrogens with zero attached hydrogens (tertiary/aromatic N) is 4. The van der Waals surface area contributed by atoms with Crippen LogP contribution in [0.4, 0.5) is 0 Å². The van der Waals surface area contributed by atoms with Crippen LogP contribution in [0, 0.1) is 0 Å². The van der Waals surface area contributed by atoms with Crippen molar-refractivity contribution in [1.29, 1.82) is 0 Å². The van der Waals surface area contributed by atoms with E-state index >= 15 is 0 Å². The molecule has 1 aliphatic heterocycles. The van der Waals surface area contributed by atoms with Crippen LogP contribution in [0.2, 0.25) is 0 Å². The number of hydrogen-bond acceptors (Lipinski definition) is 5. The fourth-order valence-electron chi connectivity index (χ4n) is 3.07. The van der Waals surface area contributed by atoms with E-state index in [9.17, 15) is 4.79 Å². The molecule has 0 atom stereocenters. The van der Waals surface area contributed by atoms with E-state index in [1.807, 2.05) is 46.5 Å². The highest BCUT2D eigenvalue weighted by atomic mass is 32.1. The third kappa shape index (κ3) is 3.54. The average molecular weight is 367 g/mol. The Kier molecular flexibility index (Phi) is 4.81. The summed E-state index contributed by atoms with van der Waals surface area (Å²) >= 11 is 1.60. The lowest BCUT2D eigenvalue weighted by molar-refractivity contribution is 0.0777. The monoisotopic (exact) mass is 367 g/mol. The van der Waals surface area contributed by atoms with Crippen molar-refractivity contribution in [2.75, 3.05) is 13.6 Å². The van der Waals surface area contributed by atoms with E-state index in [1.54, 1.807) is 23.3 Å². The summed E-state index contributed by atoms with van der Waals surface area (Å²) in [6, 6.07) is 12.0. The highest BCUT2D eigenvalue weighted by Crippen LogP contribution is 2.24. The average Bonchev–Trinajstić information content (AvgIpc) is 3.24. The molecule has 0 saturated heterocycles. The van der Waals surface area contributed by atoms with Crippen molar-refractivity contribution in [3.63, 3.8) is 0 Å². The minimum atomic E-state index is -0.0696. The van der Waals surface area contributed by atoms with Crippen molar-refractivity contribution < 1.29 is 4.79 Å². The Hall–Kier alpha value is -2.51. The first-order valence-electron chi connectivity index (χ1n) is 8.73. The maximum absolute atomic E-state index is 12.7. The summed E-state index contributed by atoms with van der Waals surface area (Å²) in [5.74, 6) is -0.0696. The molecule has 3 heterocycles. The summed E-state index contributed by atoms with van der Waals surface area (Å²) in [7, 11) is 1.80. The van der Waals surface area contributed by atoms with Gasteiger partial charge in [0.25, 0.3) is 5.91 Å². The molecular formula is C19H21N5OS.